The van der Waals surface area contributed by atoms with E-state index in [1.165, 1.54) is 18.9 Å². The van der Waals surface area contributed by atoms with Gasteiger partial charge in [0.05, 0.1) is 30.4 Å². The molecule has 0 radical (unpaired) electrons. The van der Waals surface area contributed by atoms with Crippen molar-refractivity contribution in [2.45, 2.75) is 30.5 Å². The maximum absolute atomic E-state index is 11.6. The van der Waals surface area contributed by atoms with Gasteiger partial charge >= 0.3 is 5.97 Å². The average Bonchev–Trinajstić information content (AvgIpc) is 3.39. The smallest absolute Gasteiger partial charge is 0.373 e. The fourth-order valence-corrected chi connectivity index (χ4v) is 3.90. The SMILES string of the molecule is COC(=O)c1ccc(CSc2nnc(C(C)C)c3cnn(-c4ccccc4)c23)o1. The molecule has 0 saturated heterocycles. The fourth-order valence-electron chi connectivity index (χ4n) is 3.04. The van der Waals surface area contributed by atoms with Crippen LogP contribution in [0.5, 0.6) is 0 Å². The van der Waals surface area contributed by atoms with E-state index in [0.717, 1.165) is 27.3 Å². The van der Waals surface area contributed by atoms with Crippen molar-refractivity contribution >= 4 is 28.6 Å². The van der Waals surface area contributed by atoms with Crippen LogP contribution in [0.3, 0.4) is 0 Å². The van der Waals surface area contributed by atoms with Crippen LogP contribution in [0.4, 0.5) is 0 Å². The van der Waals surface area contributed by atoms with Gasteiger partial charge in [-0.1, -0.05) is 43.8 Å². The monoisotopic (exact) mass is 408 g/mol. The number of aromatic nitrogens is 4. The van der Waals surface area contributed by atoms with Gasteiger partial charge in [0.25, 0.3) is 0 Å². The Labute approximate surface area is 172 Å². The third-order valence-corrected chi connectivity index (χ3v) is 5.42. The summed E-state index contributed by atoms with van der Waals surface area (Å²) in [6.45, 7) is 4.18. The van der Waals surface area contributed by atoms with Crippen molar-refractivity contribution < 1.29 is 13.9 Å². The van der Waals surface area contributed by atoms with Crippen molar-refractivity contribution in [3.8, 4) is 5.69 Å². The Morgan fingerprint density at radius 2 is 1.97 bits per heavy atom. The number of hydrogen-bond acceptors (Lipinski definition) is 7. The number of methoxy groups -OCH3 is 1. The highest BCUT2D eigenvalue weighted by Gasteiger charge is 2.19. The summed E-state index contributed by atoms with van der Waals surface area (Å²) in [5.74, 6) is 1.08. The lowest BCUT2D eigenvalue weighted by Crippen LogP contribution is -2.02. The van der Waals surface area contributed by atoms with Crippen molar-refractivity contribution in [1.82, 2.24) is 20.0 Å². The molecule has 0 aliphatic heterocycles. The Kier molecular flexibility index (Phi) is 5.35. The molecule has 148 valence electrons. The van der Waals surface area contributed by atoms with Crippen LogP contribution in [-0.2, 0) is 10.5 Å². The standard InChI is InChI=1S/C21H20N4O3S/c1-13(2)18-16-11-22-25(14-7-5-4-6-8-14)19(16)20(24-23-18)29-12-15-9-10-17(28-15)21(26)27-3/h4-11,13H,12H2,1-3H3. The second-order valence-corrected chi connectivity index (χ2v) is 7.71. The van der Waals surface area contributed by atoms with E-state index < -0.39 is 5.97 Å². The summed E-state index contributed by atoms with van der Waals surface area (Å²) in [6.07, 6.45) is 1.85. The normalized spacial score (nSPS) is 11.3. The van der Waals surface area contributed by atoms with E-state index in [9.17, 15) is 4.79 Å². The van der Waals surface area contributed by atoms with Gasteiger partial charge < -0.3 is 9.15 Å². The molecule has 0 amide bonds. The van der Waals surface area contributed by atoms with Gasteiger partial charge in [-0.05, 0) is 30.2 Å². The van der Waals surface area contributed by atoms with Crippen LogP contribution in [0.15, 0.2) is 58.1 Å². The minimum absolute atomic E-state index is 0.184. The highest BCUT2D eigenvalue weighted by Crippen LogP contribution is 2.33. The molecule has 0 aliphatic rings. The summed E-state index contributed by atoms with van der Waals surface area (Å²) >= 11 is 1.49. The first-order chi connectivity index (χ1) is 14.1. The third-order valence-electron chi connectivity index (χ3n) is 4.44. The first kappa shape index (κ1) is 19.2. The zero-order valence-corrected chi connectivity index (χ0v) is 17.1. The molecular weight excluding hydrogens is 388 g/mol. The summed E-state index contributed by atoms with van der Waals surface area (Å²) in [5.41, 5.74) is 2.79. The number of ether oxygens (including phenoxy) is 1. The number of furan rings is 1. The zero-order chi connectivity index (χ0) is 20.4. The lowest BCUT2D eigenvalue weighted by Gasteiger charge is -2.10. The summed E-state index contributed by atoms with van der Waals surface area (Å²) in [4.78, 5) is 11.6. The van der Waals surface area contributed by atoms with Crippen molar-refractivity contribution in [1.29, 1.82) is 0 Å². The molecule has 0 saturated carbocycles. The van der Waals surface area contributed by atoms with Crippen molar-refractivity contribution in [3.05, 3.63) is 65.9 Å². The second-order valence-electron chi connectivity index (χ2n) is 6.75. The van der Waals surface area contributed by atoms with Crippen LogP contribution in [0, 0.1) is 0 Å². The number of hydrogen-bond donors (Lipinski definition) is 0. The van der Waals surface area contributed by atoms with E-state index in [1.807, 2.05) is 41.2 Å². The van der Waals surface area contributed by atoms with Gasteiger partial charge in [0.1, 0.15) is 16.3 Å². The Morgan fingerprint density at radius 3 is 2.69 bits per heavy atom. The van der Waals surface area contributed by atoms with E-state index in [1.54, 1.807) is 12.1 Å². The second kappa shape index (κ2) is 8.08. The maximum Gasteiger partial charge on any atom is 0.373 e. The molecule has 3 heterocycles. The van der Waals surface area contributed by atoms with Gasteiger partial charge in [-0.2, -0.15) is 10.2 Å². The largest absolute Gasteiger partial charge is 0.463 e. The topological polar surface area (TPSA) is 83.0 Å². The van der Waals surface area contributed by atoms with E-state index in [2.05, 4.69) is 33.9 Å². The Morgan fingerprint density at radius 1 is 1.17 bits per heavy atom. The Balaban J connectivity index is 1.72. The summed E-state index contributed by atoms with van der Waals surface area (Å²) in [7, 11) is 1.33. The van der Waals surface area contributed by atoms with Crippen molar-refractivity contribution in [3.63, 3.8) is 0 Å². The van der Waals surface area contributed by atoms with Crippen LogP contribution in [0.1, 0.15) is 41.8 Å². The number of carbonyl (C=O) groups excluding carboxylic acids is 1. The first-order valence-corrected chi connectivity index (χ1v) is 10.2. The maximum atomic E-state index is 11.6. The summed E-state index contributed by atoms with van der Waals surface area (Å²) in [5, 5.41) is 15.3. The van der Waals surface area contributed by atoms with E-state index in [-0.39, 0.29) is 11.7 Å². The highest BCUT2D eigenvalue weighted by molar-refractivity contribution is 7.98. The molecule has 8 heteroatoms. The summed E-state index contributed by atoms with van der Waals surface area (Å²) in [6, 6.07) is 13.3. The third kappa shape index (κ3) is 3.75. The Hall–Kier alpha value is -3.13. The molecule has 0 unspecified atom stereocenters. The number of para-hydroxylation sites is 1. The van der Waals surface area contributed by atoms with Gasteiger partial charge in [-0.15, -0.1) is 5.10 Å². The number of esters is 1. The van der Waals surface area contributed by atoms with E-state index in [4.69, 9.17) is 4.42 Å². The molecule has 7 nitrogen and oxygen atoms in total. The van der Waals surface area contributed by atoms with Crippen molar-refractivity contribution in [2.75, 3.05) is 7.11 Å². The highest BCUT2D eigenvalue weighted by atomic mass is 32.2. The quantitative estimate of drug-likeness (QED) is 0.340. The zero-order valence-electron chi connectivity index (χ0n) is 16.3. The van der Waals surface area contributed by atoms with Crippen molar-refractivity contribution in [2.24, 2.45) is 0 Å². The molecule has 0 N–H and O–H groups in total. The predicted molar refractivity (Wildman–Crippen MR) is 110 cm³/mol. The number of carbonyl (C=O) groups is 1. The van der Waals surface area contributed by atoms with E-state index in [0.29, 0.717) is 11.5 Å². The molecule has 0 aliphatic carbocycles. The van der Waals surface area contributed by atoms with Crippen LogP contribution in [0.2, 0.25) is 0 Å². The molecule has 3 aromatic heterocycles. The number of nitrogens with zero attached hydrogens (tertiary/aromatic N) is 4. The average molecular weight is 408 g/mol. The lowest BCUT2D eigenvalue weighted by atomic mass is 10.1. The lowest BCUT2D eigenvalue weighted by molar-refractivity contribution is 0.0563. The molecule has 1 aromatic carbocycles. The number of rotatable bonds is 6. The Bertz CT molecular complexity index is 1150. The van der Waals surface area contributed by atoms with Gasteiger partial charge in [-0.25, -0.2) is 9.48 Å². The van der Waals surface area contributed by atoms with Gasteiger partial charge in [-0.3, -0.25) is 0 Å². The number of benzene rings is 1. The molecule has 0 fully saturated rings. The van der Waals surface area contributed by atoms with Crippen LogP contribution in [0.25, 0.3) is 16.6 Å². The van der Waals surface area contributed by atoms with Crippen LogP contribution >= 0.6 is 11.8 Å². The van der Waals surface area contributed by atoms with Crippen LogP contribution in [-0.4, -0.2) is 33.1 Å². The molecule has 0 bridgehead atoms. The fraction of sp³-hybridized carbons (Fsp3) is 0.238. The number of fused-ring (bicyclic) bond motifs is 1. The predicted octanol–water partition coefficient (Wildman–Crippen LogP) is 4.61. The van der Waals surface area contributed by atoms with Gasteiger partial charge in [0, 0.05) is 5.39 Å². The summed E-state index contributed by atoms with van der Waals surface area (Å²) < 4.78 is 12.1. The molecule has 29 heavy (non-hydrogen) atoms. The molecule has 0 spiro atoms. The molecule has 4 aromatic rings. The molecule has 0 atom stereocenters. The van der Waals surface area contributed by atoms with E-state index >= 15 is 0 Å². The van der Waals surface area contributed by atoms with Crippen LogP contribution < -0.4 is 0 Å². The molecule has 4 rings (SSSR count). The van der Waals surface area contributed by atoms with Gasteiger partial charge in [0.15, 0.2) is 0 Å². The number of thioether (sulfide) groups is 1. The minimum atomic E-state index is -0.494. The molecular formula is C21H20N4O3S. The first-order valence-electron chi connectivity index (χ1n) is 9.18. The van der Waals surface area contributed by atoms with Gasteiger partial charge in [0.2, 0.25) is 5.76 Å². The minimum Gasteiger partial charge on any atom is -0.463 e.